The molecule has 1 nitrogen and oxygen atoms in total. The summed E-state index contributed by atoms with van der Waals surface area (Å²) in [5, 5.41) is 11.1. The highest BCUT2D eigenvalue weighted by Gasteiger charge is 2.32. The molecule has 1 fully saturated rings. The van der Waals surface area contributed by atoms with Crippen LogP contribution in [0.4, 0.5) is 4.39 Å². The SMILES string of the molecule is CCC1SCCSC1C(O)c1cc(C)cc(F)c1. The summed E-state index contributed by atoms with van der Waals surface area (Å²) in [6.45, 7) is 4.01. The monoisotopic (exact) mass is 286 g/mol. The van der Waals surface area contributed by atoms with Crippen molar-refractivity contribution in [1.82, 2.24) is 0 Å². The van der Waals surface area contributed by atoms with E-state index in [0.29, 0.717) is 10.8 Å². The van der Waals surface area contributed by atoms with Gasteiger partial charge in [-0.1, -0.05) is 13.0 Å². The third-order valence-corrected chi connectivity index (χ3v) is 6.55. The van der Waals surface area contributed by atoms with E-state index < -0.39 is 6.10 Å². The van der Waals surface area contributed by atoms with E-state index in [4.69, 9.17) is 0 Å². The van der Waals surface area contributed by atoms with Crippen molar-refractivity contribution >= 4 is 23.5 Å². The van der Waals surface area contributed by atoms with Crippen LogP contribution in [0.1, 0.15) is 30.6 Å². The van der Waals surface area contributed by atoms with Crippen LogP contribution in [0, 0.1) is 12.7 Å². The maximum atomic E-state index is 13.4. The van der Waals surface area contributed by atoms with Gasteiger partial charge in [-0.05, 0) is 36.6 Å². The normalized spacial score (nSPS) is 26.0. The molecule has 0 spiro atoms. The number of aryl methyl sites for hydroxylation is 1. The molecule has 18 heavy (non-hydrogen) atoms. The Balaban J connectivity index is 2.20. The molecular formula is C14H19FOS2. The first-order valence-electron chi connectivity index (χ1n) is 6.30. The Morgan fingerprint density at radius 2 is 2.06 bits per heavy atom. The molecule has 1 aromatic carbocycles. The van der Waals surface area contributed by atoms with Crippen molar-refractivity contribution in [3.63, 3.8) is 0 Å². The van der Waals surface area contributed by atoms with Crippen LogP contribution < -0.4 is 0 Å². The van der Waals surface area contributed by atoms with E-state index in [-0.39, 0.29) is 11.1 Å². The fourth-order valence-electron chi connectivity index (χ4n) is 2.36. The molecule has 1 N–H and O–H groups in total. The summed E-state index contributed by atoms with van der Waals surface area (Å²) in [6.07, 6.45) is 0.482. The van der Waals surface area contributed by atoms with E-state index in [1.54, 1.807) is 0 Å². The van der Waals surface area contributed by atoms with Crippen LogP contribution in [0.25, 0.3) is 0 Å². The van der Waals surface area contributed by atoms with Gasteiger partial charge in [-0.2, -0.15) is 23.5 Å². The lowest BCUT2D eigenvalue weighted by molar-refractivity contribution is 0.172. The molecule has 0 aromatic heterocycles. The summed E-state index contributed by atoms with van der Waals surface area (Å²) >= 11 is 3.75. The average Bonchev–Trinajstić information content (AvgIpc) is 2.36. The Morgan fingerprint density at radius 1 is 1.33 bits per heavy atom. The van der Waals surface area contributed by atoms with Gasteiger partial charge >= 0.3 is 0 Å². The highest BCUT2D eigenvalue weighted by molar-refractivity contribution is 8.07. The van der Waals surface area contributed by atoms with Crippen molar-refractivity contribution in [1.29, 1.82) is 0 Å². The molecule has 3 unspecified atom stereocenters. The fraction of sp³-hybridized carbons (Fsp3) is 0.571. The topological polar surface area (TPSA) is 20.2 Å². The molecule has 0 radical (unpaired) electrons. The van der Waals surface area contributed by atoms with Gasteiger partial charge in [-0.25, -0.2) is 4.39 Å². The molecule has 0 amide bonds. The van der Waals surface area contributed by atoms with Gasteiger partial charge in [-0.3, -0.25) is 0 Å². The van der Waals surface area contributed by atoms with Crippen molar-refractivity contribution in [3.8, 4) is 0 Å². The first-order valence-corrected chi connectivity index (χ1v) is 8.40. The Bertz CT molecular complexity index is 391. The summed E-state index contributed by atoms with van der Waals surface area (Å²) in [6, 6.07) is 4.85. The summed E-state index contributed by atoms with van der Waals surface area (Å²) in [5.41, 5.74) is 1.58. The number of hydrogen-bond donors (Lipinski definition) is 1. The molecule has 1 aliphatic rings. The van der Waals surface area contributed by atoms with Crippen molar-refractivity contribution in [3.05, 3.63) is 35.1 Å². The summed E-state index contributed by atoms with van der Waals surface area (Å²) in [7, 11) is 0. The van der Waals surface area contributed by atoms with Gasteiger partial charge in [-0.15, -0.1) is 0 Å². The number of benzene rings is 1. The van der Waals surface area contributed by atoms with Crippen molar-refractivity contribution in [2.24, 2.45) is 0 Å². The molecule has 1 saturated heterocycles. The third kappa shape index (κ3) is 3.22. The first-order chi connectivity index (χ1) is 8.61. The molecule has 2 rings (SSSR count). The van der Waals surface area contributed by atoms with Gasteiger partial charge in [0, 0.05) is 22.0 Å². The standard InChI is InChI=1S/C14H19FOS2/c1-3-12-14(18-5-4-17-12)13(16)10-6-9(2)7-11(15)8-10/h6-8,12-14,16H,3-5H2,1-2H3. The molecule has 1 aromatic rings. The van der Waals surface area contributed by atoms with E-state index >= 15 is 0 Å². The second-order valence-electron chi connectivity index (χ2n) is 4.66. The van der Waals surface area contributed by atoms with E-state index in [9.17, 15) is 9.50 Å². The van der Waals surface area contributed by atoms with E-state index in [1.165, 1.54) is 12.1 Å². The van der Waals surface area contributed by atoms with Gasteiger partial charge < -0.3 is 5.11 Å². The van der Waals surface area contributed by atoms with E-state index in [0.717, 1.165) is 23.5 Å². The maximum Gasteiger partial charge on any atom is 0.123 e. The quantitative estimate of drug-likeness (QED) is 0.913. The van der Waals surface area contributed by atoms with E-state index in [1.807, 2.05) is 36.5 Å². The van der Waals surface area contributed by atoms with Crippen LogP contribution in [0.15, 0.2) is 18.2 Å². The van der Waals surface area contributed by atoms with Crippen LogP contribution in [0.2, 0.25) is 0 Å². The number of aliphatic hydroxyl groups excluding tert-OH is 1. The number of thioether (sulfide) groups is 2. The predicted octanol–water partition coefficient (Wildman–Crippen LogP) is 3.79. The lowest BCUT2D eigenvalue weighted by Gasteiger charge is -2.33. The summed E-state index contributed by atoms with van der Waals surface area (Å²) in [5.74, 6) is 1.96. The first kappa shape index (κ1) is 14.2. The van der Waals surface area contributed by atoms with Crippen molar-refractivity contribution in [2.75, 3.05) is 11.5 Å². The Morgan fingerprint density at radius 3 is 2.72 bits per heavy atom. The predicted molar refractivity (Wildman–Crippen MR) is 78.9 cm³/mol. The fourth-order valence-corrected chi connectivity index (χ4v) is 5.49. The molecule has 3 atom stereocenters. The zero-order chi connectivity index (χ0) is 13.1. The highest BCUT2D eigenvalue weighted by Crippen LogP contribution is 2.40. The van der Waals surface area contributed by atoms with Gasteiger partial charge in [0.2, 0.25) is 0 Å². The maximum absolute atomic E-state index is 13.4. The molecular weight excluding hydrogens is 267 g/mol. The average molecular weight is 286 g/mol. The zero-order valence-corrected chi connectivity index (χ0v) is 12.4. The second-order valence-corrected chi connectivity index (χ2v) is 7.29. The van der Waals surface area contributed by atoms with E-state index in [2.05, 4.69) is 6.92 Å². The number of rotatable bonds is 3. The smallest absolute Gasteiger partial charge is 0.123 e. The summed E-state index contributed by atoms with van der Waals surface area (Å²) in [4.78, 5) is 0. The van der Waals surface area contributed by atoms with Crippen LogP contribution in [-0.2, 0) is 0 Å². The summed E-state index contributed by atoms with van der Waals surface area (Å²) < 4.78 is 13.4. The Labute approximate surface area is 117 Å². The minimum Gasteiger partial charge on any atom is -0.387 e. The van der Waals surface area contributed by atoms with Gasteiger partial charge in [0.05, 0.1) is 6.10 Å². The van der Waals surface area contributed by atoms with Crippen LogP contribution in [-0.4, -0.2) is 27.1 Å². The zero-order valence-electron chi connectivity index (χ0n) is 10.7. The molecule has 0 bridgehead atoms. The van der Waals surface area contributed by atoms with Crippen LogP contribution in [0.3, 0.4) is 0 Å². The largest absolute Gasteiger partial charge is 0.387 e. The Kier molecular flexibility index (Phi) is 4.98. The minimum absolute atomic E-state index is 0.176. The van der Waals surface area contributed by atoms with Gasteiger partial charge in [0.1, 0.15) is 5.82 Å². The Hall–Kier alpha value is -0.190. The van der Waals surface area contributed by atoms with Crippen LogP contribution >= 0.6 is 23.5 Å². The molecule has 0 aliphatic carbocycles. The molecule has 0 saturated carbocycles. The molecule has 1 aliphatic heterocycles. The molecule has 100 valence electrons. The van der Waals surface area contributed by atoms with Gasteiger partial charge in [0.25, 0.3) is 0 Å². The minimum atomic E-state index is -0.567. The molecule has 4 heteroatoms. The van der Waals surface area contributed by atoms with Gasteiger partial charge in [0.15, 0.2) is 0 Å². The van der Waals surface area contributed by atoms with Crippen LogP contribution in [0.5, 0.6) is 0 Å². The highest BCUT2D eigenvalue weighted by atomic mass is 32.2. The van der Waals surface area contributed by atoms with Crippen molar-refractivity contribution < 1.29 is 9.50 Å². The number of aliphatic hydroxyl groups is 1. The second kappa shape index (κ2) is 6.31. The lowest BCUT2D eigenvalue weighted by Crippen LogP contribution is -2.31. The van der Waals surface area contributed by atoms with Crippen molar-refractivity contribution in [2.45, 2.75) is 36.9 Å². The molecule has 1 heterocycles. The number of hydrogen-bond acceptors (Lipinski definition) is 3. The number of halogens is 1. The third-order valence-electron chi connectivity index (χ3n) is 3.21. The lowest BCUT2D eigenvalue weighted by atomic mass is 10.0.